The number of ketones is 1. The van der Waals surface area contributed by atoms with Crippen LogP contribution in [0.1, 0.15) is 33.6 Å². The Morgan fingerprint density at radius 3 is 2.27 bits per heavy atom. The SMILES string of the molecule is C=C[C@H](C)CC(=O)CC(C)C. The highest BCUT2D eigenvalue weighted by Crippen LogP contribution is 2.09. The van der Waals surface area contributed by atoms with Gasteiger partial charge in [-0.1, -0.05) is 26.8 Å². The number of carbonyl (C=O) groups is 1. The summed E-state index contributed by atoms with van der Waals surface area (Å²) in [4.78, 5) is 11.2. The molecule has 0 aromatic carbocycles. The summed E-state index contributed by atoms with van der Waals surface area (Å²) in [6, 6.07) is 0. The number of Topliss-reactive ketones (excluding diaryl/α,β-unsaturated/α-hetero) is 1. The Bertz CT molecular complexity index is 136. The molecular weight excluding hydrogens is 136 g/mol. The fourth-order valence-corrected chi connectivity index (χ4v) is 0.981. The molecule has 0 aromatic heterocycles. The predicted molar refractivity (Wildman–Crippen MR) is 48.4 cm³/mol. The van der Waals surface area contributed by atoms with Crippen molar-refractivity contribution in [2.75, 3.05) is 0 Å². The minimum absolute atomic E-state index is 0.334. The van der Waals surface area contributed by atoms with Crippen molar-refractivity contribution < 1.29 is 4.79 Å². The van der Waals surface area contributed by atoms with Crippen LogP contribution in [0.15, 0.2) is 12.7 Å². The fraction of sp³-hybridized carbons (Fsp3) is 0.700. The molecule has 0 bridgehead atoms. The average Bonchev–Trinajstić information content (AvgIpc) is 1.85. The van der Waals surface area contributed by atoms with Crippen LogP contribution in [0.3, 0.4) is 0 Å². The van der Waals surface area contributed by atoms with Crippen LogP contribution >= 0.6 is 0 Å². The van der Waals surface area contributed by atoms with Gasteiger partial charge in [-0.3, -0.25) is 4.79 Å². The molecule has 0 fully saturated rings. The average molecular weight is 154 g/mol. The van der Waals surface area contributed by atoms with E-state index in [2.05, 4.69) is 20.4 Å². The smallest absolute Gasteiger partial charge is 0.133 e. The lowest BCUT2D eigenvalue weighted by atomic mass is 9.99. The summed E-state index contributed by atoms with van der Waals surface area (Å²) < 4.78 is 0. The molecule has 0 aromatic rings. The first kappa shape index (κ1) is 10.4. The summed E-state index contributed by atoms with van der Waals surface area (Å²) in [5.74, 6) is 1.17. The Balaban J connectivity index is 3.60. The highest BCUT2D eigenvalue weighted by atomic mass is 16.1. The van der Waals surface area contributed by atoms with Crippen LogP contribution in [-0.4, -0.2) is 5.78 Å². The Kier molecular flexibility index (Phi) is 4.84. The van der Waals surface area contributed by atoms with Gasteiger partial charge in [0.15, 0.2) is 0 Å². The molecule has 0 saturated heterocycles. The van der Waals surface area contributed by atoms with E-state index in [0.29, 0.717) is 30.5 Å². The first-order chi connectivity index (χ1) is 5.06. The first-order valence-electron chi connectivity index (χ1n) is 4.20. The third-order valence-electron chi connectivity index (χ3n) is 1.59. The summed E-state index contributed by atoms with van der Waals surface area (Å²) in [5, 5.41) is 0. The molecular formula is C10H18O. The lowest BCUT2D eigenvalue weighted by Crippen LogP contribution is -2.06. The molecule has 1 heteroatoms. The largest absolute Gasteiger partial charge is 0.300 e. The monoisotopic (exact) mass is 154 g/mol. The van der Waals surface area contributed by atoms with Crippen LogP contribution in [0.25, 0.3) is 0 Å². The third-order valence-corrected chi connectivity index (χ3v) is 1.59. The minimum Gasteiger partial charge on any atom is -0.300 e. The lowest BCUT2D eigenvalue weighted by Gasteiger charge is -2.06. The molecule has 0 aliphatic rings. The first-order valence-corrected chi connectivity index (χ1v) is 4.20. The molecule has 0 saturated carbocycles. The molecule has 1 atom stereocenters. The van der Waals surface area contributed by atoms with Crippen LogP contribution in [0.5, 0.6) is 0 Å². The van der Waals surface area contributed by atoms with E-state index in [1.807, 2.05) is 13.0 Å². The van der Waals surface area contributed by atoms with Crippen LogP contribution in [-0.2, 0) is 4.79 Å². The summed E-state index contributed by atoms with van der Waals surface area (Å²) in [6.07, 6.45) is 3.19. The number of hydrogen-bond donors (Lipinski definition) is 0. The van der Waals surface area contributed by atoms with E-state index in [-0.39, 0.29) is 0 Å². The van der Waals surface area contributed by atoms with Gasteiger partial charge < -0.3 is 0 Å². The zero-order valence-corrected chi connectivity index (χ0v) is 7.76. The molecule has 64 valence electrons. The maximum atomic E-state index is 11.2. The van der Waals surface area contributed by atoms with Gasteiger partial charge >= 0.3 is 0 Å². The van der Waals surface area contributed by atoms with Crippen molar-refractivity contribution in [3.05, 3.63) is 12.7 Å². The lowest BCUT2D eigenvalue weighted by molar-refractivity contribution is -0.120. The Labute approximate surface area is 69.5 Å². The van der Waals surface area contributed by atoms with Crippen LogP contribution in [0, 0.1) is 11.8 Å². The molecule has 1 nitrogen and oxygen atoms in total. The van der Waals surface area contributed by atoms with Gasteiger partial charge in [0.2, 0.25) is 0 Å². The summed E-state index contributed by atoms with van der Waals surface area (Å²) in [5.41, 5.74) is 0. The Morgan fingerprint density at radius 1 is 1.36 bits per heavy atom. The van der Waals surface area contributed by atoms with Crippen molar-refractivity contribution in [1.82, 2.24) is 0 Å². The zero-order chi connectivity index (χ0) is 8.85. The van der Waals surface area contributed by atoms with E-state index in [9.17, 15) is 4.79 Å². The van der Waals surface area contributed by atoms with Crippen molar-refractivity contribution in [1.29, 1.82) is 0 Å². The standard InChI is InChI=1S/C10H18O/c1-5-9(4)7-10(11)6-8(2)3/h5,8-9H,1,6-7H2,2-4H3/t9-/m0/s1. The Morgan fingerprint density at radius 2 is 1.91 bits per heavy atom. The number of allylic oxidation sites excluding steroid dienone is 1. The van der Waals surface area contributed by atoms with Crippen molar-refractivity contribution in [2.45, 2.75) is 33.6 Å². The van der Waals surface area contributed by atoms with Gasteiger partial charge in [0.1, 0.15) is 5.78 Å². The van der Waals surface area contributed by atoms with E-state index >= 15 is 0 Å². The van der Waals surface area contributed by atoms with Gasteiger partial charge in [0.25, 0.3) is 0 Å². The third kappa shape index (κ3) is 5.84. The van der Waals surface area contributed by atoms with Gasteiger partial charge in [-0.15, -0.1) is 6.58 Å². The quantitative estimate of drug-likeness (QED) is 0.556. The van der Waals surface area contributed by atoms with E-state index in [0.717, 1.165) is 0 Å². The van der Waals surface area contributed by atoms with Crippen molar-refractivity contribution in [3.8, 4) is 0 Å². The molecule has 11 heavy (non-hydrogen) atoms. The van der Waals surface area contributed by atoms with Crippen LogP contribution in [0.2, 0.25) is 0 Å². The van der Waals surface area contributed by atoms with Crippen molar-refractivity contribution >= 4 is 5.78 Å². The zero-order valence-electron chi connectivity index (χ0n) is 7.76. The molecule has 0 aliphatic heterocycles. The second kappa shape index (κ2) is 5.11. The highest BCUT2D eigenvalue weighted by Gasteiger charge is 2.07. The van der Waals surface area contributed by atoms with E-state index in [4.69, 9.17) is 0 Å². The second-order valence-electron chi connectivity index (χ2n) is 3.55. The molecule has 0 amide bonds. The van der Waals surface area contributed by atoms with Gasteiger partial charge in [0, 0.05) is 12.8 Å². The van der Waals surface area contributed by atoms with Gasteiger partial charge in [0.05, 0.1) is 0 Å². The normalized spacial score (nSPS) is 13.1. The van der Waals surface area contributed by atoms with Gasteiger partial charge in [-0.2, -0.15) is 0 Å². The van der Waals surface area contributed by atoms with Crippen LogP contribution < -0.4 is 0 Å². The van der Waals surface area contributed by atoms with Crippen molar-refractivity contribution in [2.24, 2.45) is 11.8 Å². The van der Waals surface area contributed by atoms with Gasteiger partial charge in [-0.05, 0) is 11.8 Å². The Hall–Kier alpha value is -0.590. The van der Waals surface area contributed by atoms with Crippen LogP contribution in [0.4, 0.5) is 0 Å². The summed E-state index contributed by atoms with van der Waals surface area (Å²) >= 11 is 0. The van der Waals surface area contributed by atoms with Gasteiger partial charge in [-0.25, -0.2) is 0 Å². The van der Waals surface area contributed by atoms with E-state index < -0.39 is 0 Å². The molecule has 0 rings (SSSR count). The molecule has 0 unspecified atom stereocenters. The molecule has 0 aliphatic carbocycles. The molecule has 0 spiro atoms. The topological polar surface area (TPSA) is 17.1 Å². The minimum atomic E-state index is 0.334. The molecule has 0 heterocycles. The maximum Gasteiger partial charge on any atom is 0.133 e. The highest BCUT2D eigenvalue weighted by molar-refractivity contribution is 5.78. The van der Waals surface area contributed by atoms with E-state index in [1.54, 1.807) is 0 Å². The maximum absolute atomic E-state index is 11.2. The summed E-state index contributed by atoms with van der Waals surface area (Å²) in [7, 11) is 0. The number of rotatable bonds is 5. The summed E-state index contributed by atoms with van der Waals surface area (Å²) in [6.45, 7) is 9.79. The second-order valence-corrected chi connectivity index (χ2v) is 3.55. The molecule has 0 radical (unpaired) electrons. The predicted octanol–water partition coefficient (Wildman–Crippen LogP) is 2.81. The number of carbonyl (C=O) groups excluding carboxylic acids is 1. The molecule has 0 N–H and O–H groups in total. The van der Waals surface area contributed by atoms with E-state index in [1.165, 1.54) is 0 Å². The van der Waals surface area contributed by atoms with Crippen molar-refractivity contribution in [3.63, 3.8) is 0 Å². The number of hydrogen-bond acceptors (Lipinski definition) is 1. The fourth-order valence-electron chi connectivity index (χ4n) is 0.981.